The summed E-state index contributed by atoms with van der Waals surface area (Å²) in [6.07, 6.45) is -12.2. The van der Waals surface area contributed by atoms with Crippen LogP contribution in [-0.4, -0.2) is 135 Å². The summed E-state index contributed by atoms with van der Waals surface area (Å²) in [5.74, 6) is -3.40. The molecule has 1 aliphatic heterocycles. The summed E-state index contributed by atoms with van der Waals surface area (Å²) in [5, 5.41) is 69.9. The molecule has 0 saturated carbocycles. The van der Waals surface area contributed by atoms with E-state index in [9.17, 15) is 50.1 Å². The minimum Gasteiger partial charge on any atom is -0.467 e. The SMILES string of the molecule is COC(=O)C(O)(CC(=O)OCC(O)COC(C)(C)C1OC(O)C(O)C(O)C1O)CC(=O)OCC(O)CC(C)C. The standard InChI is InChI=1S/C24H42O15/c1-12(2)6-13(25)9-36-15(27)7-24(34,22(33)35-5)8-16(28)37-10-14(26)11-38-23(3,4)20-18(30)17(29)19(31)21(32)39-20/h12-14,17-21,25-26,29-32,34H,6-11H2,1-5H3. The Morgan fingerprint density at radius 1 is 0.846 bits per heavy atom. The molecule has 39 heavy (non-hydrogen) atoms. The Morgan fingerprint density at radius 3 is 1.85 bits per heavy atom. The van der Waals surface area contributed by atoms with Gasteiger partial charge in [0.25, 0.3) is 0 Å². The highest BCUT2D eigenvalue weighted by molar-refractivity contribution is 5.90. The third kappa shape index (κ3) is 10.9. The Labute approximate surface area is 226 Å². The Bertz CT molecular complexity index is 802. The Hall–Kier alpha value is -1.95. The molecule has 1 aliphatic rings. The first-order valence-corrected chi connectivity index (χ1v) is 12.4. The second kappa shape index (κ2) is 15.2. The third-order valence-corrected chi connectivity index (χ3v) is 5.98. The molecule has 1 rings (SSSR count). The maximum absolute atomic E-state index is 12.3. The van der Waals surface area contributed by atoms with E-state index in [2.05, 4.69) is 4.74 Å². The van der Waals surface area contributed by atoms with Crippen molar-refractivity contribution in [2.75, 3.05) is 26.9 Å². The van der Waals surface area contributed by atoms with Crippen LogP contribution < -0.4 is 0 Å². The first kappa shape index (κ1) is 35.1. The number of carbonyl (C=O) groups is 3. The van der Waals surface area contributed by atoms with Gasteiger partial charge in [-0.3, -0.25) is 9.59 Å². The molecule has 1 saturated heterocycles. The van der Waals surface area contributed by atoms with Gasteiger partial charge in [-0.1, -0.05) is 13.8 Å². The number of esters is 3. The number of hydrogen-bond donors (Lipinski definition) is 7. The van der Waals surface area contributed by atoms with Crippen LogP contribution in [0.3, 0.4) is 0 Å². The van der Waals surface area contributed by atoms with Gasteiger partial charge >= 0.3 is 17.9 Å². The smallest absolute Gasteiger partial charge is 0.339 e. The molecule has 1 heterocycles. The van der Waals surface area contributed by atoms with E-state index in [-0.39, 0.29) is 12.5 Å². The van der Waals surface area contributed by atoms with E-state index in [0.717, 1.165) is 7.11 Å². The van der Waals surface area contributed by atoms with Crippen LogP contribution in [0.5, 0.6) is 0 Å². The van der Waals surface area contributed by atoms with Crippen molar-refractivity contribution in [3.63, 3.8) is 0 Å². The van der Waals surface area contributed by atoms with Crippen molar-refractivity contribution in [1.29, 1.82) is 0 Å². The van der Waals surface area contributed by atoms with E-state index in [1.807, 2.05) is 13.8 Å². The fourth-order valence-corrected chi connectivity index (χ4v) is 3.84. The molecule has 8 atom stereocenters. The Morgan fingerprint density at radius 2 is 1.36 bits per heavy atom. The normalized spacial score (nSPS) is 26.8. The van der Waals surface area contributed by atoms with Gasteiger partial charge < -0.3 is 59.4 Å². The lowest BCUT2D eigenvalue weighted by Crippen LogP contribution is -2.63. The predicted octanol–water partition coefficient (Wildman–Crippen LogP) is -2.88. The van der Waals surface area contributed by atoms with Crippen LogP contribution in [0.2, 0.25) is 0 Å². The molecule has 228 valence electrons. The Balaban J connectivity index is 2.62. The number of ether oxygens (including phenoxy) is 5. The number of aliphatic hydroxyl groups is 7. The lowest BCUT2D eigenvalue weighted by molar-refractivity contribution is -0.314. The second-order valence-electron chi connectivity index (χ2n) is 10.5. The maximum Gasteiger partial charge on any atom is 0.339 e. The van der Waals surface area contributed by atoms with Gasteiger partial charge in [-0.05, 0) is 26.2 Å². The average molecular weight is 571 g/mol. The molecule has 1 fully saturated rings. The van der Waals surface area contributed by atoms with Crippen LogP contribution in [0.1, 0.15) is 47.0 Å². The molecule has 0 spiro atoms. The predicted molar refractivity (Wildman–Crippen MR) is 129 cm³/mol. The largest absolute Gasteiger partial charge is 0.467 e. The zero-order chi connectivity index (χ0) is 30.1. The van der Waals surface area contributed by atoms with E-state index in [1.54, 1.807) is 0 Å². The first-order valence-electron chi connectivity index (χ1n) is 12.4. The van der Waals surface area contributed by atoms with Gasteiger partial charge in [-0.15, -0.1) is 0 Å². The van der Waals surface area contributed by atoms with Crippen molar-refractivity contribution in [3.8, 4) is 0 Å². The minimum absolute atomic E-state index is 0.134. The highest BCUT2D eigenvalue weighted by atomic mass is 16.7. The van der Waals surface area contributed by atoms with Crippen molar-refractivity contribution in [2.24, 2.45) is 5.92 Å². The van der Waals surface area contributed by atoms with E-state index in [1.165, 1.54) is 13.8 Å². The number of rotatable bonds is 15. The summed E-state index contributed by atoms with van der Waals surface area (Å²) in [5.41, 5.74) is -4.03. The number of aliphatic hydroxyl groups excluding tert-OH is 6. The van der Waals surface area contributed by atoms with Gasteiger partial charge in [0, 0.05) is 0 Å². The summed E-state index contributed by atoms with van der Waals surface area (Å²) >= 11 is 0. The van der Waals surface area contributed by atoms with Gasteiger partial charge in [0.05, 0.1) is 38.3 Å². The first-order chi connectivity index (χ1) is 17.9. The molecule has 15 nitrogen and oxygen atoms in total. The molecule has 0 aromatic heterocycles. The molecule has 7 N–H and O–H groups in total. The van der Waals surface area contributed by atoms with Crippen LogP contribution in [0.25, 0.3) is 0 Å². The van der Waals surface area contributed by atoms with E-state index >= 15 is 0 Å². The van der Waals surface area contributed by atoms with Crippen LogP contribution >= 0.6 is 0 Å². The van der Waals surface area contributed by atoms with Crippen molar-refractivity contribution >= 4 is 17.9 Å². The quantitative estimate of drug-likeness (QED) is 0.0773. The lowest BCUT2D eigenvalue weighted by atomic mass is 9.88. The van der Waals surface area contributed by atoms with Gasteiger partial charge in [-0.25, -0.2) is 4.79 Å². The lowest BCUT2D eigenvalue weighted by Gasteiger charge is -2.45. The van der Waals surface area contributed by atoms with E-state index in [0.29, 0.717) is 6.42 Å². The highest BCUT2D eigenvalue weighted by Crippen LogP contribution is 2.30. The monoisotopic (exact) mass is 570 g/mol. The number of methoxy groups -OCH3 is 1. The second-order valence-corrected chi connectivity index (χ2v) is 10.5. The van der Waals surface area contributed by atoms with Gasteiger partial charge in [0.1, 0.15) is 43.7 Å². The minimum atomic E-state index is -2.63. The summed E-state index contributed by atoms with van der Waals surface area (Å²) in [7, 11) is 0.935. The fraction of sp³-hybridized carbons (Fsp3) is 0.875. The molecule has 8 unspecified atom stereocenters. The summed E-state index contributed by atoms with van der Waals surface area (Å²) < 4.78 is 24.9. The molecule has 0 aromatic rings. The van der Waals surface area contributed by atoms with Gasteiger partial charge in [-0.2, -0.15) is 0 Å². The Kier molecular flexibility index (Phi) is 13.6. The van der Waals surface area contributed by atoms with Gasteiger partial charge in [0.15, 0.2) is 11.9 Å². The summed E-state index contributed by atoms with van der Waals surface area (Å²) in [4.78, 5) is 36.5. The van der Waals surface area contributed by atoms with Crippen molar-refractivity contribution in [3.05, 3.63) is 0 Å². The summed E-state index contributed by atoms with van der Waals surface area (Å²) in [6, 6.07) is 0. The zero-order valence-corrected chi connectivity index (χ0v) is 22.8. The third-order valence-electron chi connectivity index (χ3n) is 5.98. The van der Waals surface area contributed by atoms with Gasteiger partial charge in [0.2, 0.25) is 0 Å². The number of carbonyl (C=O) groups excluding carboxylic acids is 3. The molecular formula is C24H42O15. The molecular weight excluding hydrogens is 528 g/mol. The van der Waals surface area contributed by atoms with Crippen LogP contribution in [0.15, 0.2) is 0 Å². The maximum atomic E-state index is 12.3. The van der Waals surface area contributed by atoms with E-state index in [4.69, 9.17) is 18.9 Å². The summed E-state index contributed by atoms with van der Waals surface area (Å²) in [6.45, 7) is 5.05. The molecule has 0 radical (unpaired) electrons. The fourth-order valence-electron chi connectivity index (χ4n) is 3.84. The van der Waals surface area contributed by atoms with E-state index < -0.39 is 98.1 Å². The number of hydrogen-bond acceptors (Lipinski definition) is 15. The molecule has 0 aromatic carbocycles. The highest BCUT2D eigenvalue weighted by Gasteiger charge is 2.50. The topological polar surface area (TPSA) is 239 Å². The van der Waals surface area contributed by atoms with Crippen LogP contribution in [0.4, 0.5) is 0 Å². The van der Waals surface area contributed by atoms with Crippen LogP contribution in [0, 0.1) is 5.92 Å². The zero-order valence-electron chi connectivity index (χ0n) is 22.8. The van der Waals surface area contributed by atoms with Crippen molar-refractivity contribution in [1.82, 2.24) is 0 Å². The van der Waals surface area contributed by atoms with Crippen molar-refractivity contribution < 1.29 is 73.8 Å². The average Bonchev–Trinajstić information content (AvgIpc) is 2.84. The molecule has 0 bridgehead atoms. The molecule has 0 aliphatic carbocycles. The molecule has 0 amide bonds. The molecule has 15 heteroatoms. The van der Waals surface area contributed by atoms with Crippen molar-refractivity contribution in [2.45, 2.75) is 101 Å². The van der Waals surface area contributed by atoms with Crippen LogP contribution in [-0.2, 0) is 38.1 Å².